The van der Waals surface area contributed by atoms with Crippen LogP contribution in [0.15, 0.2) is 11.2 Å². The van der Waals surface area contributed by atoms with Crippen LogP contribution in [0.1, 0.15) is 16.2 Å². The number of halogens is 1. The van der Waals surface area contributed by atoms with Crippen LogP contribution in [-0.4, -0.2) is 16.3 Å². The number of rotatable bonds is 2. The third kappa shape index (κ3) is 1.91. The summed E-state index contributed by atoms with van der Waals surface area (Å²) in [4.78, 5) is 17.9. The highest BCUT2D eigenvalue weighted by molar-refractivity contribution is 7.80. The van der Waals surface area contributed by atoms with Crippen molar-refractivity contribution in [2.45, 2.75) is 10.9 Å². The van der Waals surface area contributed by atoms with Crippen molar-refractivity contribution >= 4 is 30.5 Å². The summed E-state index contributed by atoms with van der Waals surface area (Å²) in [6, 6.07) is 0. The van der Waals surface area contributed by atoms with Crippen LogP contribution in [0.4, 0.5) is 0 Å². The molecule has 0 amide bonds. The largest absolute Gasteiger partial charge is 0.298 e. The minimum Gasteiger partial charge on any atom is -0.298 e. The molecule has 0 N–H and O–H groups in total. The number of alkyl halides is 1. The smallest absolute Gasteiger partial charge is 0.154 e. The first-order valence-corrected chi connectivity index (χ1v) is 3.82. The van der Waals surface area contributed by atoms with Crippen LogP contribution in [0.2, 0.25) is 0 Å². The zero-order chi connectivity index (χ0) is 8.27. The lowest BCUT2D eigenvalue weighted by atomic mass is 10.4. The minimum absolute atomic E-state index is 0.229. The van der Waals surface area contributed by atoms with Gasteiger partial charge in [-0.2, -0.15) is 0 Å². The van der Waals surface area contributed by atoms with Crippen molar-refractivity contribution in [1.82, 2.24) is 9.97 Å². The molecule has 58 valence electrons. The highest BCUT2D eigenvalue weighted by atomic mass is 35.5. The van der Waals surface area contributed by atoms with Crippen molar-refractivity contribution in [2.75, 3.05) is 0 Å². The van der Waals surface area contributed by atoms with Crippen LogP contribution in [0, 0.1) is 0 Å². The second-order valence-corrected chi connectivity index (χ2v) is 2.51. The van der Waals surface area contributed by atoms with E-state index >= 15 is 0 Å². The van der Waals surface area contributed by atoms with E-state index in [4.69, 9.17) is 11.6 Å². The number of nitrogens with zero attached hydrogens (tertiary/aromatic N) is 2. The monoisotopic (exact) mass is 188 g/mol. The number of hydrogen-bond acceptors (Lipinski definition) is 4. The third-order valence-electron chi connectivity index (χ3n) is 1.09. The first kappa shape index (κ1) is 8.49. The fourth-order valence-corrected chi connectivity index (χ4v) is 0.920. The maximum atomic E-state index is 10.3. The molecule has 3 nitrogen and oxygen atoms in total. The molecular weight excluding hydrogens is 184 g/mol. The van der Waals surface area contributed by atoms with Gasteiger partial charge in [-0.25, -0.2) is 9.97 Å². The molecule has 5 heteroatoms. The van der Waals surface area contributed by atoms with E-state index in [1.54, 1.807) is 0 Å². The molecule has 0 fully saturated rings. The fourth-order valence-electron chi connectivity index (χ4n) is 0.565. The van der Waals surface area contributed by atoms with Gasteiger partial charge >= 0.3 is 0 Å². The molecule has 0 aliphatic rings. The van der Waals surface area contributed by atoms with Gasteiger partial charge in [-0.1, -0.05) is 0 Å². The second kappa shape index (κ2) is 3.69. The van der Waals surface area contributed by atoms with Gasteiger partial charge in [-0.15, -0.1) is 24.2 Å². The molecule has 11 heavy (non-hydrogen) atoms. The van der Waals surface area contributed by atoms with Crippen LogP contribution in [0.3, 0.4) is 0 Å². The normalized spacial score (nSPS) is 9.64. The van der Waals surface area contributed by atoms with E-state index < -0.39 is 0 Å². The van der Waals surface area contributed by atoms with Crippen molar-refractivity contribution in [3.63, 3.8) is 0 Å². The Balaban J connectivity index is 3.09. The van der Waals surface area contributed by atoms with Gasteiger partial charge in [0.15, 0.2) is 6.29 Å². The number of hydrogen-bond donors (Lipinski definition) is 1. The van der Waals surface area contributed by atoms with E-state index in [0.717, 1.165) is 0 Å². The van der Waals surface area contributed by atoms with Crippen LogP contribution < -0.4 is 0 Å². The van der Waals surface area contributed by atoms with Crippen molar-refractivity contribution in [3.8, 4) is 0 Å². The minimum atomic E-state index is 0.229. The van der Waals surface area contributed by atoms with Crippen molar-refractivity contribution in [1.29, 1.82) is 0 Å². The molecule has 0 spiro atoms. The average molecular weight is 189 g/mol. The molecule has 0 saturated carbocycles. The molecule has 1 heterocycles. The molecule has 0 aliphatic heterocycles. The molecular formula is C6H5ClN2OS. The van der Waals surface area contributed by atoms with Gasteiger partial charge in [0.1, 0.15) is 10.9 Å². The summed E-state index contributed by atoms with van der Waals surface area (Å²) in [5, 5.41) is 0.366. The summed E-state index contributed by atoms with van der Waals surface area (Å²) in [6.45, 7) is 0. The Hall–Kier alpha value is -0.610. The summed E-state index contributed by atoms with van der Waals surface area (Å²) >= 11 is 9.41. The highest BCUT2D eigenvalue weighted by Crippen LogP contribution is 2.07. The Morgan fingerprint density at radius 2 is 2.45 bits per heavy atom. The summed E-state index contributed by atoms with van der Waals surface area (Å²) in [5.41, 5.74) is 0.377. The highest BCUT2D eigenvalue weighted by Gasteiger charge is 2.00. The first-order chi connectivity index (χ1) is 5.27. The third-order valence-corrected chi connectivity index (χ3v) is 1.69. The van der Waals surface area contributed by atoms with Gasteiger partial charge in [0.25, 0.3) is 0 Å². The van der Waals surface area contributed by atoms with E-state index in [0.29, 0.717) is 22.7 Å². The number of aromatic nitrogens is 2. The van der Waals surface area contributed by atoms with Crippen LogP contribution in [0.25, 0.3) is 0 Å². The van der Waals surface area contributed by atoms with Gasteiger partial charge < -0.3 is 0 Å². The maximum Gasteiger partial charge on any atom is 0.154 e. The van der Waals surface area contributed by atoms with Crippen LogP contribution in [0.5, 0.6) is 0 Å². The summed E-state index contributed by atoms with van der Waals surface area (Å²) in [7, 11) is 0. The Bertz CT molecular complexity index is 279. The zero-order valence-corrected chi connectivity index (χ0v) is 7.14. The Morgan fingerprint density at radius 3 is 2.91 bits per heavy atom. The summed E-state index contributed by atoms with van der Waals surface area (Å²) in [5.74, 6) is 0.703. The zero-order valence-electron chi connectivity index (χ0n) is 5.49. The maximum absolute atomic E-state index is 10.3. The molecule has 1 aromatic heterocycles. The molecule has 0 aliphatic carbocycles. The molecule has 0 atom stereocenters. The molecule has 0 saturated heterocycles. The predicted molar refractivity (Wildman–Crippen MR) is 44.2 cm³/mol. The lowest BCUT2D eigenvalue weighted by molar-refractivity contribution is 0.112. The summed E-state index contributed by atoms with van der Waals surface area (Å²) in [6.07, 6.45) is 2.06. The van der Waals surface area contributed by atoms with Crippen LogP contribution >= 0.6 is 24.2 Å². The van der Waals surface area contributed by atoms with E-state index in [9.17, 15) is 4.79 Å². The molecule has 0 bridgehead atoms. The van der Waals surface area contributed by atoms with Crippen molar-refractivity contribution < 1.29 is 4.79 Å². The topological polar surface area (TPSA) is 42.9 Å². The second-order valence-electron chi connectivity index (χ2n) is 1.82. The lowest BCUT2D eigenvalue weighted by Gasteiger charge is -1.96. The van der Waals surface area contributed by atoms with Gasteiger partial charge in [0.2, 0.25) is 0 Å². The number of thiol groups is 1. The molecule has 1 aromatic rings. The van der Waals surface area contributed by atoms with E-state index in [1.807, 2.05) is 0 Å². The predicted octanol–water partition coefficient (Wildman–Crippen LogP) is 1.32. The molecule has 0 radical (unpaired) electrons. The van der Waals surface area contributed by atoms with E-state index in [-0.39, 0.29) is 5.88 Å². The van der Waals surface area contributed by atoms with Crippen molar-refractivity contribution in [3.05, 3.63) is 17.6 Å². The van der Waals surface area contributed by atoms with E-state index in [1.165, 1.54) is 6.20 Å². The lowest BCUT2D eigenvalue weighted by Crippen LogP contribution is -1.95. The Kier molecular flexibility index (Phi) is 2.84. The molecule has 0 unspecified atom stereocenters. The summed E-state index contributed by atoms with van der Waals surface area (Å²) < 4.78 is 0. The van der Waals surface area contributed by atoms with E-state index in [2.05, 4.69) is 22.6 Å². The van der Waals surface area contributed by atoms with Gasteiger partial charge in [-0.05, 0) is 0 Å². The molecule has 0 aromatic carbocycles. The van der Waals surface area contributed by atoms with Crippen molar-refractivity contribution in [2.24, 2.45) is 0 Å². The Morgan fingerprint density at radius 1 is 1.73 bits per heavy atom. The molecule has 1 rings (SSSR count). The van der Waals surface area contributed by atoms with Crippen LogP contribution in [-0.2, 0) is 5.88 Å². The SMILES string of the molecule is O=Cc1cnc(CCl)nc1S. The Labute approximate surface area is 74.2 Å². The van der Waals surface area contributed by atoms with Gasteiger partial charge in [0.05, 0.1) is 11.4 Å². The van der Waals surface area contributed by atoms with Gasteiger partial charge in [-0.3, -0.25) is 4.79 Å². The van der Waals surface area contributed by atoms with Gasteiger partial charge in [0, 0.05) is 6.20 Å². The fraction of sp³-hybridized carbons (Fsp3) is 0.167. The number of carbonyl (C=O) groups excluding carboxylic acids is 1. The average Bonchev–Trinajstić information content (AvgIpc) is 2.04. The number of carbonyl (C=O) groups is 1. The first-order valence-electron chi connectivity index (χ1n) is 2.84. The number of aldehydes is 1. The standard InChI is InChI=1S/C6H5ClN2OS/c7-1-5-8-2-4(3-10)6(11)9-5/h2-3H,1H2,(H,8,9,11). The quantitative estimate of drug-likeness (QED) is 0.330.